The molecule has 0 radical (unpaired) electrons. The molecule has 0 unspecified atom stereocenters. The van der Waals surface area contributed by atoms with Gasteiger partial charge in [-0.1, -0.05) is 0 Å². The molecular formula is C21H24FN9O. The van der Waals surface area contributed by atoms with Crippen LogP contribution in [0.15, 0.2) is 36.8 Å². The standard InChI is InChI=1S/C21H24FN9O/c1-23-20-19-14(16-2-3-18-24-6-9-30(18)27-16)4-8-31(19)28-21(26-20)25-17-5-7-29(10-15(17)22)13-11-32-12-13/h2-4,6,8-9,13,15,17H,5,7,10-12H2,1H3,(H2,23,25,26,28)/t15-,17-/m0/s1. The number of rotatable bonds is 5. The van der Waals surface area contributed by atoms with E-state index in [1.165, 1.54) is 0 Å². The summed E-state index contributed by atoms with van der Waals surface area (Å²) in [5.41, 5.74) is 3.28. The van der Waals surface area contributed by atoms with E-state index in [2.05, 4.69) is 35.7 Å². The molecule has 6 heterocycles. The number of imidazole rings is 1. The molecule has 4 aromatic rings. The maximum atomic E-state index is 14.9. The maximum absolute atomic E-state index is 14.9. The van der Waals surface area contributed by atoms with Crippen LogP contribution in [0.25, 0.3) is 22.4 Å². The Kier molecular flexibility index (Phi) is 4.65. The van der Waals surface area contributed by atoms with Crippen LogP contribution in [0.4, 0.5) is 16.2 Å². The summed E-state index contributed by atoms with van der Waals surface area (Å²) in [7, 11) is 1.81. The van der Waals surface area contributed by atoms with Crippen molar-refractivity contribution in [2.75, 3.05) is 44.0 Å². The summed E-state index contributed by atoms with van der Waals surface area (Å²) < 4.78 is 23.6. The van der Waals surface area contributed by atoms with Crippen LogP contribution in [0.3, 0.4) is 0 Å². The van der Waals surface area contributed by atoms with Gasteiger partial charge in [0.1, 0.15) is 11.7 Å². The molecule has 0 saturated carbocycles. The maximum Gasteiger partial charge on any atom is 0.243 e. The minimum atomic E-state index is -0.993. The molecule has 0 amide bonds. The highest BCUT2D eigenvalue weighted by molar-refractivity contribution is 5.87. The Labute approximate surface area is 183 Å². The molecule has 0 aliphatic carbocycles. The molecule has 166 valence electrons. The topological polar surface area (TPSA) is 96.9 Å². The smallest absolute Gasteiger partial charge is 0.243 e. The largest absolute Gasteiger partial charge is 0.378 e. The number of fused-ring (bicyclic) bond motifs is 2. The lowest BCUT2D eigenvalue weighted by Gasteiger charge is -2.42. The van der Waals surface area contributed by atoms with Crippen LogP contribution in [0.5, 0.6) is 0 Å². The van der Waals surface area contributed by atoms with Crippen LogP contribution in [0, 0.1) is 0 Å². The van der Waals surface area contributed by atoms with Crippen molar-refractivity contribution in [3.05, 3.63) is 36.8 Å². The van der Waals surface area contributed by atoms with Crippen molar-refractivity contribution in [2.45, 2.75) is 24.7 Å². The monoisotopic (exact) mass is 437 g/mol. The first-order chi connectivity index (χ1) is 15.7. The van der Waals surface area contributed by atoms with Gasteiger partial charge in [-0.2, -0.15) is 10.1 Å². The quantitative estimate of drug-likeness (QED) is 0.487. The lowest BCUT2D eigenvalue weighted by atomic mass is 10.0. The van der Waals surface area contributed by atoms with E-state index in [-0.39, 0.29) is 6.04 Å². The predicted octanol–water partition coefficient (Wildman–Crippen LogP) is 1.70. The highest BCUT2D eigenvalue weighted by Crippen LogP contribution is 2.29. The van der Waals surface area contributed by atoms with Crippen LogP contribution in [0.1, 0.15) is 6.42 Å². The number of anilines is 2. The first-order valence-corrected chi connectivity index (χ1v) is 10.8. The second kappa shape index (κ2) is 7.68. The highest BCUT2D eigenvalue weighted by atomic mass is 19.1. The fourth-order valence-electron chi connectivity index (χ4n) is 4.45. The third-order valence-corrected chi connectivity index (χ3v) is 6.30. The number of halogens is 1. The molecule has 2 aliphatic rings. The van der Waals surface area contributed by atoms with E-state index in [4.69, 9.17) is 4.74 Å². The highest BCUT2D eigenvalue weighted by Gasteiger charge is 2.35. The molecule has 2 saturated heterocycles. The van der Waals surface area contributed by atoms with Gasteiger partial charge in [0.15, 0.2) is 11.5 Å². The molecule has 0 aromatic carbocycles. The van der Waals surface area contributed by atoms with Gasteiger partial charge in [-0.3, -0.25) is 4.90 Å². The summed E-state index contributed by atoms with van der Waals surface area (Å²) in [6.07, 6.45) is 5.09. The van der Waals surface area contributed by atoms with Crippen molar-refractivity contribution >= 4 is 22.9 Å². The molecule has 2 atom stereocenters. The van der Waals surface area contributed by atoms with Gasteiger partial charge >= 0.3 is 0 Å². The molecule has 2 N–H and O–H groups in total. The molecule has 6 rings (SSSR count). The number of hydrogen-bond donors (Lipinski definition) is 2. The summed E-state index contributed by atoms with van der Waals surface area (Å²) >= 11 is 0. The van der Waals surface area contributed by atoms with Gasteiger partial charge < -0.3 is 15.4 Å². The van der Waals surface area contributed by atoms with Crippen LogP contribution >= 0.6 is 0 Å². The second-order valence-electron chi connectivity index (χ2n) is 8.25. The Bertz CT molecular complexity index is 1270. The van der Waals surface area contributed by atoms with Crippen molar-refractivity contribution in [1.29, 1.82) is 0 Å². The SMILES string of the molecule is CNc1nc(N[C@H]2CCN(C3COC3)C[C@@H]2F)nn2ccc(-c3ccc4nccn4n3)c12. The number of nitrogens with one attached hydrogen (secondary N) is 2. The second-order valence-corrected chi connectivity index (χ2v) is 8.25. The van der Waals surface area contributed by atoms with E-state index in [1.54, 1.807) is 15.2 Å². The van der Waals surface area contributed by atoms with Gasteiger partial charge in [0.25, 0.3) is 0 Å². The molecule has 0 spiro atoms. The van der Waals surface area contributed by atoms with E-state index in [0.29, 0.717) is 44.0 Å². The van der Waals surface area contributed by atoms with Crippen LogP contribution in [0.2, 0.25) is 0 Å². The molecule has 10 nitrogen and oxygen atoms in total. The minimum Gasteiger partial charge on any atom is -0.378 e. The predicted molar refractivity (Wildman–Crippen MR) is 118 cm³/mol. The number of alkyl halides is 1. The van der Waals surface area contributed by atoms with Crippen molar-refractivity contribution in [3.8, 4) is 11.3 Å². The number of hydrogen-bond acceptors (Lipinski definition) is 8. The van der Waals surface area contributed by atoms with Gasteiger partial charge in [-0.15, -0.1) is 5.10 Å². The molecule has 4 aromatic heterocycles. The lowest BCUT2D eigenvalue weighted by Crippen LogP contribution is -2.57. The lowest BCUT2D eigenvalue weighted by molar-refractivity contribution is -0.0794. The summed E-state index contributed by atoms with van der Waals surface area (Å²) in [6.45, 7) is 2.65. The zero-order valence-electron chi connectivity index (χ0n) is 17.6. The molecule has 32 heavy (non-hydrogen) atoms. The first kappa shape index (κ1) is 19.4. The fourth-order valence-corrected chi connectivity index (χ4v) is 4.45. The molecule has 11 heteroatoms. The normalized spacial score (nSPS) is 22.3. The van der Waals surface area contributed by atoms with Gasteiger partial charge in [-0.05, 0) is 24.6 Å². The van der Waals surface area contributed by atoms with Crippen LogP contribution in [-0.4, -0.2) is 85.7 Å². The average Bonchev–Trinajstić information content (AvgIpc) is 3.40. The first-order valence-electron chi connectivity index (χ1n) is 10.8. The third-order valence-electron chi connectivity index (χ3n) is 6.30. The Morgan fingerprint density at radius 2 is 2.03 bits per heavy atom. The molecule has 2 aliphatic heterocycles. The number of likely N-dealkylation sites (tertiary alicyclic amines) is 1. The fraction of sp³-hybridized carbons (Fsp3) is 0.429. The van der Waals surface area contributed by atoms with Gasteiger partial charge in [0.2, 0.25) is 5.95 Å². The molecule has 2 fully saturated rings. The van der Waals surface area contributed by atoms with Crippen molar-refractivity contribution < 1.29 is 9.13 Å². The Balaban J connectivity index is 1.28. The number of ether oxygens (including phenoxy) is 1. The zero-order valence-corrected chi connectivity index (χ0v) is 17.6. The van der Waals surface area contributed by atoms with E-state index in [1.807, 2.05) is 37.6 Å². The van der Waals surface area contributed by atoms with Crippen molar-refractivity contribution in [2.24, 2.45) is 0 Å². The van der Waals surface area contributed by atoms with E-state index < -0.39 is 6.17 Å². The van der Waals surface area contributed by atoms with E-state index >= 15 is 0 Å². The summed E-state index contributed by atoms with van der Waals surface area (Å²) in [5.74, 6) is 1.05. The number of aromatic nitrogens is 6. The Morgan fingerprint density at radius 1 is 1.12 bits per heavy atom. The summed E-state index contributed by atoms with van der Waals surface area (Å²) in [6, 6.07) is 5.83. The van der Waals surface area contributed by atoms with E-state index in [0.717, 1.165) is 29.0 Å². The average molecular weight is 437 g/mol. The van der Waals surface area contributed by atoms with Crippen molar-refractivity contribution in [3.63, 3.8) is 0 Å². The summed E-state index contributed by atoms with van der Waals surface area (Å²) in [5, 5.41) is 15.6. The van der Waals surface area contributed by atoms with Crippen LogP contribution in [-0.2, 0) is 4.74 Å². The van der Waals surface area contributed by atoms with Gasteiger partial charge in [0.05, 0.1) is 31.0 Å². The van der Waals surface area contributed by atoms with Crippen molar-refractivity contribution in [1.82, 2.24) is 34.1 Å². The number of piperidine rings is 1. The molecule has 0 bridgehead atoms. The van der Waals surface area contributed by atoms with Gasteiger partial charge in [0, 0.05) is 44.3 Å². The zero-order chi connectivity index (χ0) is 21.7. The summed E-state index contributed by atoms with van der Waals surface area (Å²) in [4.78, 5) is 11.1. The van der Waals surface area contributed by atoms with E-state index in [9.17, 15) is 4.39 Å². The number of nitrogens with zero attached hydrogens (tertiary/aromatic N) is 7. The third kappa shape index (κ3) is 3.24. The Morgan fingerprint density at radius 3 is 2.81 bits per heavy atom. The Hall–Kier alpha value is -3.31. The van der Waals surface area contributed by atoms with Gasteiger partial charge in [-0.25, -0.2) is 18.4 Å². The molecular weight excluding hydrogens is 413 g/mol. The van der Waals surface area contributed by atoms with Crippen LogP contribution < -0.4 is 10.6 Å². The minimum absolute atomic E-state index is 0.324.